The maximum atomic E-state index is 11.9. The van der Waals surface area contributed by atoms with E-state index in [1.807, 2.05) is 0 Å². The highest BCUT2D eigenvalue weighted by molar-refractivity contribution is 6.08. The second kappa shape index (κ2) is 5.40. The van der Waals surface area contributed by atoms with Gasteiger partial charge in [0.25, 0.3) is 5.91 Å². The molecule has 0 spiro atoms. The SMILES string of the molecule is CC1(C)NC(=O)N(CC(=O)NCC2CCC(O)C2)C1=O. The number of rotatable bonds is 4. The molecule has 2 atom stereocenters. The second-order valence-corrected chi connectivity index (χ2v) is 6.08. The summed E-state index contributed by atoms with van der Waals surface area (Å²) < 4.78 is 0. The third-order valence-electron chi connectivity index (χ3n) is 3.85. The molecule has 112 valence electrons. The van der Waals surface area contributed by atoms with E-state index in [1.54, 1.807) is 13.8 Å². The van der Waals surface area contributed by atoms with Crippen molar-refractivity contribution in [2.75, 3.05) is 13.1 Å². The Balaban J connectivity index is 1.80. The van der Waals surface area contributed by atoms with Crippen LogP contribution in [-0.4, -0.2) is 52.6 Å². The summed E-state index contributed by atoms with van der Waals surface area (Å²) >= 11 is 0. The molecule has 0 aromatic carbocycles. The number of nitrogens with one attached hydrogen (secondary N) is 2. The van der Waals surface area contributed by atoms with Crippen molar-refractivity contribution < 1.29 is 19.5 Å². The summed E-state index contributed by atoms with van der Waals surface area (Å²) in [6.07, 6.45) is 2.07. The standard InChI is InChI=1S/C13H21N3O4/c1-13(2)11(19)16(12(20)15-13)7-10(18)14-6-8-3-4-9(17)5-8/h8-9,17H,3-7H2,1-2H3,(H,14,18)(H,15,20). The summed E-state index contributed by atoms with van der Waals surface area (Å²) in [5.74, 6) is -0.477. The van der Waals surface area contributed by atoms with Crippen LogP contribution in [-0.2, 0) is 9.59 Å². The van der Waals surface area contributed by atoms with Gasteiger partial charge in [0.15, 0.2) is 0 Å². The lowest BCUT2D eigenvalue weighted by molar-refractivity contribution is -0.134. The zero-order valence-electron chi connectivity index (χ0n) is 11.8. The zero-order valence-corrected chi connectivity index (χ0v) is 11.8. The van der Waals surface area contributed by atoms with E-state index >= 15 is 0 Å². The second-order valence-electron chi connectivity index (χ2n) is 6.08. The summed E-state index contributed by atoms with van der Waals surface area (Å²) in [6, 6.07) is -0.536. The number of nitrogens with zero attached hydrogens (tertiary/aromatic N) is 1. The monoisotopic (exact) mass is 283 g/mol. The maximum absolute atomic E-state index is 11.9. The van der Waals surface area contributed by atoms with Gasteiger partial charge in [0.1, 0.15) is 12.1 Å². The number of urea groups is 1. The van der Waals surface area contributed by atoms with Gasteiger partial charge in [0.2, 0.25) is 5.91 Å². The number of aliphatic hydroxyl groups is 1. The first-order valence-electron chi connectivity index (χ1n) is 6.88. The Morgan fingerprint density at radius 3 is 2.65 bits per heavy atom. The average molecular weight is 283 g/mol. The first kappa shape index (κ1) is 14.8. The van der Waals surface area contributed by atoms with Gasteiger partial charge in [0.05, 0.1) is 6.10 Å². The van der Waals surface area contributed by atoms with Crippen LogP contribution in [0.4, 0.5) is 4.79 Å². The van der Waals surface area contributed by atoms with Crippen molar-refractivity contribution >= 4 is 17.8 Å². The van der Waals surface area contributed by atoms with Gasteiger partial charge in [0, 0.05) is 6.54 Å². The molecule has 4 amide bonds. The normalized spacial score (nSPS) is 28.6. The topological polar surface area (TPSA) is 98.7 Å². The summed E-state index contributed by atoms with van der Waals surface area (Å²) in [7, 11) is 0. The van der Waals surface area contributed by atoms with Crippen molar-refractivity contribution in [1.82, 2.24) is 15.5 Å². The third-order valence-corrected chi connectivity index (χ3v) is 3.85. The lowest BCUT2D eigenvalue weighted by atomic mass is 10.1. The van der Waals surface area contributed by atoms with Crippen LogP contribution in [0.25, 0.3) is 0 Å². The van der Waals surface area contributed by atoms with E-state index in [9.17, 15) is 19.5 Å². The summed E-state index contributed by atoms with van der Waals surface area (Å²) in [6.45, 7) is 3.42. The Bertz CT molecular complexity index is 435. The molecule has 2 unspecified atom stereocenters. The van der Waals surface area contributed by atoms with E-state index in [0.717, 1.165) is 17.7 Å². The molecular formula is C13H21N3O4. The largest absolute Gasteiger partial charge is 0.393 e. The molecule has 7 heteroatoms. The molecule has 7 nitrogen and oxygen atoms in total. The Hall–Kier alpha value is -1.63. The van der Waals surface area contributed by atoms with E-state index in [4.69, 9.17) is 0 Å². The molecule has 0 aromatic heterocycles. The van der Waals surface area contributed by atoms with Crippen molar-refractivity contribution in [2.24, 2.45) is 5.92 Å². The maximum Gasteiger partial charge on any atom is 0.325 e. The van der Waals surface area contributed by atoms with Crippen LogP contribution in [0.15, 0.2) is 0 Å². The number of hydrogen-bond acceptors (Lipinski definition) is 4. The van der Waals surface area contributed by atoms with Crippen LogP contribution in [0.3, 0.4) is 0 Å². The lowest BCUT2D eigenvalue weighted by Gasteiger charge is -2.16. The molecule has 2 rings (SSSR count). The minimum absolute atomic E-state index is 0.261. The summed E-state index contributed by atoms with van der Waals surface area (Å²) in [4.78, 5) is 36.2. The van der Waals surface area contributed by atoms with Crippen LogP contribution in [0, 0.1) is 5.92 Å². The van der Waals surface area contributed by atoms with E-state index in [1.165, 1.54) is 0 Å². The number of hydrogen-bond donors (Lipinski definition) is 3. The number of carbonyl (C=O) groups is 3. The molecule has 20 heavy (non-hydrogen) atoms. The molecule has 1 saturated carbocycles. The van der Waals surface area contributed by atoms with Gasteiger partial charge >= 0.3 is 6.03 Å². The highest BCUT2D eigenvalue weighted by Crippen LogP contribution is 2.24. The van der Waals surface area contributed by atoms with Gasteiger partial charge in [-0.1, -0.05) is 0 Å². The molecule has 0 radical (unpaired) electrons. The predicted octanol–water partition coefficient (Wildman–Crippen LogP) is -0.406. The van der Waals surface area contributed by atoms with E-state index in [0.29, 0.717) is 13.0 Å². The molecule has 1 aliphatic heterocycles. The molecule has 1 aliphatic carbocycles. The van der Waals surface area contributed by atoms with Crippen LogP contribution in [0.2, 0.25) is 0 Å². The van der Waals surface area contributed by atoms with E-state index < -0.39 is 17.5 Å². The predicted molar refractivity (Wildman–Crippen MR) is 70.7 cm³/mol. The van der Waals surface area contributed by atoms with Gasteiger partial charge in [-0.3, -0.25) is 14.5 Å². The van der Waals surface area contributed by atoms with Gasteiger partial charge in [-0.25, -0.2) is 4.79 Å². The Labute approximate surface area is 117 Å². The minimum Gasteiger partial charge on any atom is -0.393 e. The number of imide groups is 1. The molecule has 0 bridgehead atoms. The minimum atomic E-state index is -0.951. The Kier molecular flexibility index (Phi) is 3.99. The molecule has 1 heterocycles. The van der Waals surface area contributed by atoms with Crippen molar-refractivity contribution in [2.45, 2.75) is 44.8 Å². The highest BCUT2D eigenvalue weighted by Gasteiger charge is 2.44. The molecule has 0 aromatic rings. The number of amides is 4. The number of aliphatic hydroxyl groups excluding tert-OH is 1. The molecular weight excluding hydrogens is 262 g/mol. The van der Waals surface area contributed by atoms with Crippen molar-refractivity contribution in [3.05, 3.63) is 0 Å². The quantitative estimate of drug-likeness (QED) is 0.611. The van der Waals surface area contributed by atoms with Gasteiger partial charge in [-0.2, -0.15) is 0 Å². The van der Waals surface area contributed by atoms with Crippen molar-refractivity contribution in [3.63, 3.8) is 0 Å². The van der Waals surface area contributed by atoms with Crippen LogP contribution in [0.1, 0.15) is 33.1 Å². The lowest BCUT2D eigenvalue weighted by Crippen LogP contribution is -2.43. The average Bonchev–Trinajstić information content (AvgIpc) is 2.84. The van der Waals surface area contributed by atoms with Gasteiger partial charge in [-0.05, 0) is 39.0 Å². The fourth-order valence-electron chi connectivity index (χ4n) is 2.65. The Morgan fingerprint density at radius 2 is 2.15 bits per heavy atom. The summed E-state index contributed by atoms with van der Waals surface area (Å²) in [5, 5.41) is 14.6. The molecule has 2 fully saturated rings. The first-order valence-corrected chi connectivity index (χ1v) is 6.88. The molecule has 2 aliphatic rings. The van der Waals surface area contributed by atoms with E-state index in [2.05, 4.69) is 10.6 Å². The van der Waals surface area contributed by atoms with Gasteiger partial charge in [-0.15, -0.1) is 0 Å². The first-order chi connectivity index (χ1) is 9.29. The fraction of sp³-hybridized carbons (Fsp3) is 0.769. The number of carbonyl (C=O) groups excluding carboxylic acids is 3. The van der Waals surface area contributed by atoms with Crippen LogP contribution in [0.5, 0.6) is 0 Å². The Morgan fingerprint density at radius 1 is 1.45 bits per heavy atom. The molecule has 3 N–H and O–H groups in total. The zero-order chi connectivity index (χ0) is 14.9. The highest BCUT2D eigenvalue weighted by atomic mass is 16.3. The van der Waals surface area contributed by atoms with E-state index in [-0.39, 0.29) is 24.5 Å². The van der Waals surface area contributed by atoms with Crippen molar-refractivity contribution in [3.8, 4) is 0 Å². The fourth-order valence-corrected chi connectivity index (χ4v) is 2.65. The third kappa shape index (κ3) is 3.09. The van der Waals surface area contributed by atoms with Crippen LogP contribution >= 0.6 is 0 Å². The van der Waals surface area contributed by atoms with Crippen molar-refractivity contribution in [1.29, 1.82) is 0 Å². The smallest absolute Gasteiger partial charge is 0.325 e. The van der Waals surface area contributed by atoms with Gasteiger partial charge < -0.3 is 15.7 Å². The molecule has 1 saturated heterocycles. The van der Waals surface area contributed by atoms with Crippen LogP contribution < -0.4 is 10.6 Å². The summed E-state index contributed by atoms with van der Waals surface area (Å²) in [5.41, 5.74) is -0.951.